The zero-order chi connectivity index (χ0) is 15.0. The second-order valence-corrected chi connectivity index (χ2v) is 7.44. The number of hydrogen-bond acceptors (Lipinski definition) is 4. The van der Waals surface area contributed by atoms with Gasteiger partial charge in [0.1, 0.15) is 5.60 Å². The minimum absolute atomic E-state index is 0.193. The first kappa shape index (κ1) is 15.6. The van der Waals surface area contributed by atoms with Gasteiger partial charge in [-0.15, -0.1) is 0 Å². The lowest BCUT2D eigenvalue weighted by molar-refractivity contribution is 0.000376. The zero-order valence-electron chi connectivity index (χ0n) is 13.5. The summed E-state index contributed by atoms with van der Waals surface area (Å²) in [6.07, 6.45) is 3.68. The van der Waals surface area contributed by atoms with Crippen LogP contribution < -0.4 is 5.32 Å². The highest BCUT2D eigenvalue weighted by molar-refractivity contribution is 5.69. The van der Waals surface area contributed by atoms with Crippen molar-refractivity contribution in [2.24, 2.45) is 0 Å². The largest absolute Gasteiger partial charge is 0.444 e. The van der Waals surface area contributed by atoms with E-state index in [1.807, 2.05) is 20.8 Å². The third-order valence-electron chi connectivity index (χ3n) is 4.49. The van der Waals surface area contributed by atoms with Gasteiger partial charge in [0.05, 0.1) is 0 Å². The van der Waals surface area contributed by atoms with E-state index in [4.69, 9.17) is 4.74 Å². The number of carbonyl (C=O) groups excluding carboxylic acids is 1. The molecule has 0 aromatic carbocycles. The van der Waals surface area contributed by atoms with Gasteiger partial charge in [-0.25, -0.2) is 4.79 Å². The molecular formula is C15H29N3O2. The molecule has 1 saturated carbocycles. The van der Waals surface area contributed by atoms with Crippen LogP contribution in [0, 0.1) is 0 Å². The normalized spacial score (nSPS) is 22.4. The number of ether oxygens (including phenoxy) is 1. The van der Waals surface area contributed by atoms with E-state index in [9.17, 15) is 4.79 Å². The molecule has 0 aromatic heterocycles. The van der Waals surface area contributed by atoms with Gasteiger partial charge in [0.2, 0.25) is 0 Å². The van der Waals surface area contributed by atoms with E-state index in [2.05, 4.69) is 24.3 Å². The summed E-state index contributed by atoms with van der Waals surface area (Å²) in [6, 6.07) is 0.417. The minimum Gasteiger partial charge on any atom is -0.444 e. The van der Waals surface area contributed by atoms with Gasteiger partial charge in [0.25, 0.3) is 0 Å². The quantitative estimate of drug-likeness (QED) is 0.852. The van der Waals surface area contributed by atoms with Gasteiger partial charge in [-0.2, -0.15) is 0 Å². The topological polar surface area (TPSA) is 44.8 Å². The summed E-state index contributed by atoms with van der Waals surface area (Å²) < 4.78 is 5.36. The number of nitrogens with one attached hydrogen (secondary N) is 1. The van der Waals surface area contributed by atoms with Crippen LogP contribution in [0.15, 0.2) is 0 Å². The molecule has 2 aliphatic rings. The first-order valence-electron chi connectivity index (χ1n) is 7.61. The molecule has 116 valence electrons. The number of likely N-dealkylation sites (tertiary alicyclic amines) is 1. The third kappa shape index (κ3) is 3.44. The van der Waals surface area contributed by atoms with Crippen LogP contribution in [0.5, 0.6) is 0 Å². The Bertz CT molecular complexity index is 353. The third-order valence-corrected chi connectivity index (χ3v) is 4.49. The second-order valence-electron chi connectivity index (χ2n) is 7.44. The number of nitrogens with zero attached hydrogens (tertiary/aromatic N) is 2. The van der Waals surface area contributed by atoms with E-state index >= 15 is 0 Å². The Morgan fingerprint density at radius 2 is 1.95 bits per heavy atom. The van der Waals surface area contributed by atoms with Crippen LogP contribution in [0.4, 0.5) is 4.79 Å². The molecule has 1 saturated heterocycles. The van der Waals surface area contributed by atoms with Crippen molar-refractivity contribution in [3.63, 3.8) is 0 Å². The molecule has 0 atom stereocenters. The maximum Gasteiger partial charge on any atom is 0.410 e. The van der Waals surface area contributed by atoms with E-state index in [-0.39, 0.29) is 6.09 Å². The Hall–Kier alpha value is -0.810. The summed E-state index contributed by atoms with van der Waals surface area (Å²) >= 11 is 0. The Balaban J connectivity index is 1.68. The molecule has 0 bridgehead atoms. The van der Waals surface area contributed by atoms with Gasteiger partial charge in [-0.1, -0.05) is 0 Å². The summed E-state index contributed by atoms with van der Waals surface area (Å²) in [6.45, 7) is 8.25. The fraction of sp³-hybridized carbons (Fsp3) is 0.933. The summed E-state index contributed by atoms with van der Waals surface area (Å²) in [7, 11) is 4.32. The van der Waals surface area contributed by atoms with Crippen molar-refractivity contribution in [2.75, 3.05) is 33.7 Å². The monoisotopic (exact) mass is 283 g/mol. The SMILES string of the molecule is CN(C)C1(CNC2CN(C(=O)OC(C)(C)C)C2)CCC1. The van der Waals surface area contributed by atoms with Crippen LogP contribution in [0.25, 0.3) is 0 Å². The fourth-order valence-corrected chi connectivity index (χ4v) is 2.78. The average molecular weight is 283 g/mol. The Labute approximate surface area is 122 Å². The molecule has 1 amide bonds. The molecule has 2 rings (SSSR count). The molecule has 5 nitrogen and oxygen atoms in total. The number of rotatable bonds is 4. The maximum atomic E-state index is 11.8. The van der Waals surface area contributed by atoms with Crippen molar-refractivity contribution in [3.05, 3.63) is 0 Å². The first-order chi connectivity index (χ1) is 9.22. The molecule has 0 spiro atoms. The van der Waals surface area contributed by atoms with Gasteiger partial charge < -0.3 is 19.9 Å². The Kier molecular flexibility index (Phi) is 4.30. The Morgan fingerprint density at radius 3 is 2.35 bits per heavy atom. The summed E-state index contributed by atoms with van der Waals surface area (Å²) in [5, 5.41) is 3.60. The Morgan fingerprint density at radius 1 is 1.35 bits per heavy atom. The van der Waals surface area contributed by atoms with Crippen LogP contribution in [0.3, 0.4) is 0 Å². The molecule has 1 aliphatic carbocycles. The van der Waals surface area contributed by atoms with Gasteiger partial charge >= 0.3 is 6.09 Å². The van der Waals surface area contributed by atoms with Gasteiger partial charge in [-0.3, -0.25) is 0 Å². The van der Waals surface area contributed by atoms with Crippen molar-refractivity contribution >= 4 is 6.09 Å². The summed E-state index contributed by atoms with van der Waals surface area (Å²) in [4.78, 5) is 15.9. The predicted octanol–water partition coefficient (Wildman–Crippen LogP) is 1.68. The van der Waals surface area contributed by atoms with E-state index in [0.717, 1.165) is 19.6 Å². The molecular weight excluding hydrogens is 254 g/mol. The average Bonchev–Trinajstić information content (AvgIpc) is 2.14. The second kappa shape index (κ2) is 5.53. The number of carbonyl (C=O) groups is 1. The fourth-order valence-electron chi connectivity index (χ4n) is 2.78. The zero-order valence-corrected chi connectivity index (χ0v) is 13.5. The summed E-state index contributed by atoms with van der Waals surface area (Å²) in [5.74, 6) is 0. The molecule has 20 heavy (non-hydrogen) atoms. The van der Waals surface area contributed by atoms with Crippen molar-refractivity contribution in [3.8, 4) is 0 Å². The van der Waals surface area contributed by atoms with E-state index in [1.165, 1.54) is 19.3 Å². The van der Waals surface area contributed by atoms with Crippen LogP contribution in [-0.4, -0.2) is 66.8 Å². The molecule has 1 heterocycles. The number of amides is 1. The standard InChI is InChI=1S/C15H29N3O2/c1-14(2,3)20-13(19)18-9-12(10-18)16-11-15(17(4)5)7-6-8-15/h12,16H,6-11H2,1-5H3. The smallest absolute Gasteiger partial charge is 0.410 e. The van der Waals surface area contributed by atoms with Crippen LogP contribution in [-0.2, 0) is 4.74 Å². The lowest BCUT2D eigenvalue weighted by Gasteiger charge is -2.49. The maximum absolute atomic E-state index is 11.8. The minimum atomic E-state index is -0.406. The van der Waals surface area contributed by atoms with Crippen LogP contribution in [0.2, 0.25) is 0 Å². The van der Waals surface area contributed by atoms with E-state index in [1.54, 1.807) is 4.90 Å². The molecule has 1 aliphatic heterocycles. The lowest BCUT2D eigenvalue weighted by atomic mass is 9.75. The summed E-state index contributed by atoms with van der Waals surface area (Å²) in [5.41, 5.74) is -0.0666. The first-order valence-corrected chi connectivity index (χ1v) is 7.61. The number of hydrogen-bond donors (Lipinski definition) is 1. The highest BCUT2D eigenvalue weighted by Crippen LogP contribution is 2.35. The molecule has 5 heteroatoms. The van der Waals surface area contributed by atoms with E-state index < -0.39 is 5.60 Å². The predicted molar refractivity (Wildman–Crippen MR) is 79.9 cm³/mol. The van der Waals surface area contributed by atoms with Gasteiger partial charge in [0, 0.05) is 31.2 Å². The van der Waals surface area contributed by atoms with Crippen LogP contribution in [0.1, 0.15) is 40.0 Å². The van der Waals surface area contributed by atoms with Crippen molar-refractivity contribution in [2.45, 2.75) is 57.2 Å². The van der Waals surface area contributed by atoms with Crippen LogP contribution >= 0.6 is 0 Å². The lowest BCUT2D eigenvalue weighted by Crippen LogP contribution is -2.65. The van der Waals surface area contributed by atoms with Crippen molar-refractivity contribution in [1.82, 2.24) is 15.1 Å². The van der Waals surface area contributed by atoms with Gasteiger partial charge in [0.15, 0.2) is 0 Å². The highest BCUT2D eigenvalue weighted by Gasteiger charge is 2.41. The van der Waals surface area contributed by atoms with Gasteiger partial charge in [-0.05, 0) is 54.1 Å². The molecule has 2 fully saturated rings. The van der Waals surface area contributed by atoms with Crippen molar-refractivity contribution < 1.29 is 9.53 Å². The number of likely N-dealkylation sites (N-methyl/N-ethyl adjacent to an activating group) is 1. The highest BCUT2D eigenvalue weighted by atomic mass is 16.6. The molecule has 0 unspecified atom stereocenters. The molecule has 0 radical (unpaired) electrons. The molecule has 0 aromatic rings. The van der Waals surface area contributed by atoms with E-state index in [0.29, 0.717) is 11.6 Å². The molecule has 1 N–H and O–H groups in total. The van der Waals surface area contributed by atoms with Crippen molar-refractivity contribution in [1.29, 1.82) is 0 Å².